The number of nitrogens with one attached hydrogen (secondary N) is 1. The lowest BCUT2D eigenvalue weighted by Crippen LogP contribution is -2.35. The number of hydrogen-bond acceptors (Lipinski definition) is 3. The van der Waals surface area contributed by atoms with Crippen molar-refractivity contribution >= 4 is 33.5 Å². The van der Waals surface area contributed by atoms with Gasteiger partial charge in [-0.05, 0) is 25.0 Å². The van der Waals surface area contributed by atoms with Crippen molar-refractivity contribution in [2.45, 2.75) is 44.9 Å². The van der Waals surface area contributed by atoms with E-state index in [1.807, 2.05) is 17.0 Å². The molecule has 1 aromatic rings. The summed E-state index contributed by atoms with van der Waals surface area (Å²) in [5.74, 6) is -0.134. The minimum Gasteiger partial charge on any atom is -0.356 e. The predicted molar refractivity (Wildman–Crippen MR) is 100 cm³/mol. The first-order valence-electron chi connectivity index (χ1n) is 8.89. The molecule has 1 N–H and O–H groups in total. The van der Waals surface area contributed by atoms with Crippen LogP contribution in [0.25, 0.3) is 0 Å². The number of carbonyl (C=O) groups is 3. The highest BCUT2D eigenvalue weighted by Crippen LogP contribution is 2.13. The van der Waals surface area contributed by atoms with Gasteiger partial charge in [-0.1, -0.05) is 40.9 Å². The van der Waals surface area contributed by atoms with Crippen molar-refractivity contribution in [1.82, 2.24) is 10.2 Å². The van der Waals surface area contributed by atoms with E-state index in [0.717, 1.165) is 30.4 Å². The van der Waals surface area contributed by atoms with E-state index in [-0.39, 0.29) is 30.4 Å². The molecule has 0 aromatic heterocycles. The van der Waals surface area contributed by atoms with Crippen LogP contribution in [0.3, 0.4) is 0 Å². The second-order valence-electron chi connectivity index (χ2n) is 6.33. The number of Topliss-reactive ketones (excluding diaryl/α,β-unsaturated/α-hetero) is 1. The number of benzene rings is 1. The number of rotatable bonds is 7. The molecule has 136 valence electrons. The van der Waals surface area contributed by atoms with Gasteiger partial charge in [-0.15, -0.1) is 0 Å². The Morgan fingerprint density at radius 1 is 0.920 bits per heavy atom. The lowest BCUT2D eigenvalue weighted by molar-refractivity contribution is -0.131. The van der Waals surface area contributed by atoms with Gasteiger partial charge in [0.15, 0.2) is 5.78 Å². The Kier molecular flexibility index (Phi) is 8.12. The number of nitrogens with zero attached hydrogens (tertiary/aromatic N) is 1. The molecule has 1 aromatic carbocycles. The summed E-state index contributed by atoms with van der Waals surface area (Å²) in [5.41, 5.74) is 0.604. The summed E-state index contributed by atoms with van der Waals surface area (Å²) in [5, 5.41) is 2.74. The number of hydrogen-bond donors (Lipinski definition) is 1. The Hall–Kier alpha value is -1.69. The number of amides is 2. The summed E-state index contributed by atoms with van der Waals surface area (Å²) < 4.78 is 0.913. The fourth-order valence-electron chi connectivity index (χ4n) is 2.88. The minimum absolute atomic E-state index is 0.0525. The van der Waals surface area contributed by atoms with Gasteiger partial charge in [0.2, 0.25) is 11.8 Å². The molecule has 0 radical (unpaired) electrons. The molecule has 1 aliphatic rings. The number of halogens is 1. The van der Waals surface area contributed by atoms with Crippen LogP contribution in [0.1, 0.15) is 55.3 Å². The zero-order valence-electron chi connectivity index (χ0n) is 14.4. The monoisotopic (exact) mass is 408 g/mol. The van der Waals surface area contributed by atoms with E-state index >= 15 is 0 Å². The number of ketones is 1. The van der Waals surface area contributed by atoms with Gasteiger partial charge in [0.05, 0.1) is 0 Å². The normalized spacial score (nSPS) is 14.7. The molecular weight excluding hydrogens is 384 g/mol. The highest BCUT2D eigenvalue weighted by Gasteiger charge is 2.15. The topological polar surface area (TPSA) is 66.5 Å². The van der Waals surface area contributed by atoms with Gasteiger partial charge >= 0.3 is 0 Å². The van der Waals surface area contributed by atoms with E-state index in [1.54, 1.807) is 12.1 Å². The Labute approximate surface area is 157 Å². The van der Waals surface area contributed by atoms with Gasteiger partial charge in [0, 0.05) is 48.9 Å². The van der Waals surface area contributed by atoms with Gasteiger partial charge in [-0.3, -0.25) is 14.4 Å². The molecule has 25 heavy (non-hydrogen) atoms. The lowest BCUT2D eigenvalue weighted by atomic mass is 10.1. The Morgan fingerprint density at radius 2 is 1.56 bits per heavy atom. The molecule has 2 amide bonds. The molecule has 0 aliphatic carbocycles. The highest BCUT2D eigenvalue weighted by molar-refractivity contribution is 9.10. The van der Waals surface area contributed by atoms with Crippen LogP contribution in [0, 0.1) is 0 Å². The van der Waals surface area contributed by atoms with E-state index in [1.165, 1.54) is 12.8 Å². The van der Waals surface area contributed by atoms with Gasteiger partial charge < -0.3 is 10.2 Å². The number of carbonyl (C=O) groups excluding carboxylic acids is 3. The van der Waals surface area contributed by atoms with Crippen LogP contribution < -0.4 is 5.32 Å². The Morgan fingerprint density at radius 3 is 2.20 bits per heavy atom. The maximum absolute atomic E-state index is 12.1. The second-order valence-corrected chi connectivity index (χ2v) is 7.24. The average Bonchev–Trinajstić information content (AvgIpc) is 2.89. The molecule has 5 nitrogen and oxygen atoms in total. The smallest absolute Gasteiger partial charge is 0.224 e. The first kappa shape index (κ1) is 19.6. The van der Waals surface area contributed by atoms with Crippen molar-refractivity contribution in [3.05, 3.63) is 34.3 Å². The van der Waals surface area contributed by atoms with Crippen molar-refractivity contribution < 1.29 is 14.4 Å². The summed E-state index contributed by atoms with van der Waals surface area (Å²) >= 11 is 3.32. The van der Waals surface area contributed by atoms with Gasteiger partial charge in [-0.25, -0.2) is 0 Å². The van der Waals surface area contributed by atoms with Crippen molar-refractivity contribution in [2.24, 2.45) is 0 Å². The maximum atomic E-state index is 12.1. The summed E-state index contributed by atoms with van der Waals surface area (Å²) in [4.78, 5) is 37.9. The summed E-state index contributed by atoms with van der Waals surface area (Å²) in [6, 6.07) is 7.10. The molecule has 1 aliphatic heterocycles. The Balaban J connectivity index is 1.64. The molecule has 2 rings (SSSR count). The van der Waals surface area contributed by atoms with Crippen LogP contribution >= 0.6 is 15.9 Å². The van der Waals surface area contributed by atoms with Crippen LogP contribution in [-0.4, -0.2) is 42.1 Å². The molecule has 1 fully saturated rings. The maximum Gasteiger partial charge on any atom is 0.224 e. The second kappa shape index (κ2) is 10.3. The zero-order valence-corrected chi connectivity index (χ0v) is 16.0. The Bertz CT molecular complexity index is 593. The third kappa shape index (κ3) is 6.98. The first-order valence-corrected chi connectivity index (χ1v) is 9.69. The zero-order chi connectivity index (χ0) is 18.1. The highest BCUT2D eigenvalue weighted by atomic mass is 79.9. The van der Waals surface area contributed by atoms with E-state index in [4.69, 9.17) is 0 Å². The van der Waals surface area contributed by atoms with Crippen LogP contribution in [0.2, 0.25) is 0 Å². The molecule has 0 bridgehead atoms. The first-order chi connectivity index (χ1) is 12.1. The summed E-state index contributed by atoms with van der Waals surface area (Å²) in [6.07, 6.45) is 5.15. The van der Waals surface area contributed by atoms with E-state index in [0.29, 0.717) is 18.5 Å². The minimum atomic E-state index is -0.186. The van der Waals surface area contributed by atoms with Crippen molar-refractivity contribution in [1.29, 1.82) is 0 Å². The van der Waals surface area contributed by atoms with Gasteiger partial charge in [0.25, 0.3) is 0 Å². The average molecular weight is 409 g/mol. The largest absolute Gasteiger partial charge is 0.356 e. The fourth-order valence-corrected chi connectivity index (χ4v) is 3.15. The molecular formula is C19H25BrN2O3. The molecule has 0 atom stereocenters. The van der Waals surface area contributed by atoms with Gasteiger partial charge in [-0.2, -0.15) is 0 Å². The number of likely N-dealkylation sites (tertiary alicyclic amines) is 1. The molecule has 1 saturated heterocycles. The molecule has 0 saturated carbocycles. The SMILES string of the molecule is O=C(CCC(=O)c1ccc(Br)cc1)NCCC(=O)N1CCCCCC1. The predicted octanol–water partition coefficient (Wildman–Crippen LogP) is 3.32. The molecule has 0 spiro atoms. The standard InChI is InChI=1S/C19H25BrN2O3/c20-16-7-5-15(6-8-16)17(23)9-10-18(24)21-12-11-19(25)22-13-3-1-2-4-14-22/h5-8H,1-4,9-14H2,(H,21,24). The van der Waals surface area contributed by atoms with E-state index in [9.17, 15) is 14.4 Å². The molecule has 1 heterocycles. The van der Waals surface area contributed by atoms with Crippen molar-refractivity contribution in [2.75, 3.05) is 19.6 Å². The van der Waals surface area contributed by atoms with Crippen LogP contribution in [-0.2, 0) is 9.59 Å². The third-order valence-corrected chi connectivity index (χ3v) is 4.89. The fraction of sp³-hybridized carbons (Fsp3) is 0.526. The van der Waals surface area contributed by atoms with Crippen LogP contribution in [0.5, 0.6) is 0 Å². The summed E-state index contributed by atoms with van der Waals surface area (Å²) in [7, 11) is 0. The van der Waals surface area contributed by atoms with Crippen LogP contribution in [0.15, 0.2) is 28.7 Å². The lowest BCUT2D eigenvalue weighted by Gasteiger charge is -2.20. The van der Waals surface area contributed by atoms with Crippen molar-refractivity contribution in [3.63, 3.8) is 0 Å². The van der Waals surface area contributed by atoms with Crippen LogP contribution in [0.4, 0.5) is 0 Å². The summed E-state index contributed by atoms with van der Waals surface area (Å²) in [6.45, 7) is 1.99. The van der Waals surface area contributed by atoms with E-state index in [2.05, 4.69) is 21.2 Å². The van der Waals surface area contributed by atoms with E-state index < -0.39 is 0 Å². The van der Waals surface area contributed by atoms with Gasteiger partial charge in [0.1, 0.15) is 0 Å². The molecule has 0 unspecified atom stereocenters. The third-order valence-electron chi connectivity index (χ3n) is 4.37. The quantitative estimate of drug-likeness (QED) is 0.703. The van der Waals surface area contributed by atoms with Crippen molar-refractivity contribution in [3.8, 4) is 0 Å². The molecule has 6 heteroatoms.